The van der Waals surface area contributed by atoms with Crippen LogP contribution in [0.4, 0.5) is 8.78 Å². The molecule has 1 aromatic heterocycles. The van der Waals surface area contributed by atoms with Crippen molar-refractivity contribution in [1.29, 1.82) is 0 Å². The van der Waals surface area contributed by atoms with Crippen LogP contribution in [0.3, 0.4) is 0 Å². The molecule has 0 bridgehead atoms. The number of aliphatic hydroxyl groups excluding tert-OH is 1. The number of rotatable bonds is 2. The SMILES string of the molecule is O=c1c(O)c[nH]c(C(F)F)c1CO. The third kappa shape index (κ3) is 1.67. The van der Waals surface area contributed by atoms with Crippen LogP contribution < -0.4 is 5.43 Å². The lowest BCUT2D eigenvalue weighted by atomic mass is 10.2. The molecule has 6 heteroatoms. The van der Waals surface area contributed by atoms with Crippen molar-refractivity contribution in [1.82, 2.24) is 4.98 Å². The Balaban J connectivity index is 3.39. The van der Waals surface area contributed by atoms with Gasteiger partial charge in [0.2, 0.25) is 5.43 Å². The molecule has 0 spiro atoms. The van der Waals surface area contributed by atoms with Gasteiger partial charge in [0.05, 0.1) is 17.9 Å². The van der Waals surface area contributed by atoms with Crippen LogP contribution in [0.1, 0.15) is 17.7 Å². The largest absolute Gasteiger partial charge is 0.503 e. The maximum absolute atomic E-state index is 12.2. The van der Waals surface area contributed by atoms with Gasteiger partial charge in [0.1, 0.15) is 0 Å². The molecule has 0 aliphatic rings. The highest BCUT2D eigenvalue weighted by molar-refractivity contribution is 5.28. The van der Waals surface area contributed by atoms with E-state index in [1.807, 2.05) is 4.98 Å². The predicted octanol–water partition coefficient (Wildman–Crippen LogP) is 0.510. The zero-order valence-corrected chi connectivity index (χ0v) is 6.42. The number of H-pyrrole nitrogens is 1. The van der Waals surface area contributed by atoms with Crippen molar-refractivity contribution in [3.05, 3.63) is 27.7 Å². The number of hydrogen-bond acceptors (Lipinski definition) is 3. The molecule has 0 saturated heterocycles. The average Bonchev–Trinajstić information content (AvgIpc) is 2.09. The summed E-state index contributed by atoms with van der Waals surface area (Å²) >= 11 is 0. The Morgan fingerprint density at radius 3 is 2.62 bits per heavy atom. The number of nitrogens with one attached hydrogen (secondary N) is 1. The predicted molar refractivity (Wildman–Crippen MR) is 39.6 cm³/mol. The molecule has 13 heavy (non-hydrogen) atoms. The fourth-order valence-electron chi connectivity index (χ4n) is 0.927. The first-order valence-corrected chi connectivity index (χ1v) is 3.40. The van der Waals surface area contributed by atoms with E-state index in [-0.39, 0.29) is 0 Å². The molecular formula is C7H7F2NO3. The Bertz CT molecular complexity index is 361. The first-order chi connectivity index (χ1) is 6.07. The van der Waals surface area contributed by atoms with Gasteiger partial charge in [-0.15, -0.1) is 0 Å². The van der Waals surface area contributed by atoms with Gasteiger partial charge in [-0.25, -0.2) is 8.78 Å². The molecule has 1 heterocycles. The fourth-order valence-corrected chi connectivity index (χ4v) is 0.927. The number of aliphatic hydroxyl groups is 1. The van der Waals surface area contributed by atoms with E-state index < -0.39 is 35.5 Å². The summed E-state index contributed by atoms with van der Waals surface area (Å²) in [6.45, 7) is -0.830. The average molecular weight is 191 g/mol. The van der Waals surface area contributed by atoms with E-state index in [9.17, 15) is 13.6 Å². The Morgan fingerprint density at radius 2 is 2.15 bits per heavy atom. The lowest BCUT2D eigenvalue weighted by Gasteiger charge is -2.05. The van der Waals surface area contributed by atoms with E-state index in [0.29, 0.717) is 0 Å². The minimum Gasteiger partial charge on any atom is -0.503 e. The van der Waals surface area contributed by atoms with Crippen LogP contribution in [0.2, 0.25) is 0 Å². The molecule has 0 amide bonds. The van der Waals surface area contributed by atoms with E-state index in [4.69, 9.17) is 10.2 Å². The molecular weight excluding hydrogens is 184 g/mol. The third-order valence-electron chi connectivity index (χ3n) is 1.57. The van der Waals surface area contributed by atoms with Gasteiger partial charge in [-0.2, -0.15) is 0 Å². The number of hydrogen-bond donors (Lipinski definition) is 3. The Kier molecular flexibility index (Phi) is 2.62. The number of alkyl halides is 2. The topological polar surface area (TPSA) is 73.3 Å². The molecule has 0 aliphatic carbocycles. The van der Waals surface area contributed by atoms with E-state index in [1.165, 1.54) is 0 Å². The Hall–Kier alpha value is -1.43. The summed E-state index contributed by atoms with van der Waals surface area (Å²) in [6.07, 6.45) is -2.11. The summed E-state index contributed by atoms with van der Waals surface area (Å²) in [4.78, 5) is 13.0. The maximum Gasteiger partial charge on any atom is 0.278 e. The fraction of sp³-hybridized carbons (Fsp3) is 0.286. The molecule has 0 aromatic carbocycles. The highest BCUT2D eigenvalue weighted by Gasteiger charge is 2.17. The van der Waals surface area contributed by atoms with Crippen LogP contribution in [0.5, 0.6) is 5.75 Å². The first-order valence-electron chi connectivity index (χ1n) is 3.40. The van der Waals surface area contributed by atoms with Crippen molar-refractivity contribution in [2.75, 3.05) is 0 Å². The standard InChI is InChI=1S/C7H7F2NO3/c8-7(9)5-3(2-11)6(13)4(12)1-10-5/h1,7,11-12H,2H2,(H,10,13). The van der Waals surface area contributed by atoms with Crippen molar-refractivity contribution < 1.29 is 19.0 Å². The molecule has 0 aliphatic heterocycles. The second-order valence-corrected chi connectivity index (χ2v) is 2.35. The smallest absolute Gasteiger partial charge is 0.278 e. The van der Waals surface area contributed by atoms with Gasteiger partial charge < -0.3 is 15.2 Å². The van der Waals surface area contributed by atoms with Gasteiger partial charge in [-0.05, 0) is 0 Å². The summed E-state index contributed by atoms with van der Waals surface area (Å²) in [5, 5.41) is 17.4. The highest BCUT2D eigenvalue weighted by atomic mass is 19.3. The second kappa shape index (κ2) is 3.53. The van der Waals surface area contributed by atoms with E-state index in [1.54, 1.807) is 0 Å². The molecule has 1 aromatic rings. The second-order valence-electron chi connectivity index (χ2n) is 2.35. The monoisotopic (exact) mass is 191 g/mol. The van der Waals surface area contributed by atoms with Gasteiger partial charge in [0.15, 0.2) is 5.75 Å². The molecule has 0 fully saturated rings. The lowest BCUT2D eigenvalue weighted by molar-refractivity contribution is 0.141. The quantitative estimate of drug-likeness (QED) is 0.637. The summed E-state index contributed by atoms with van der Waals surface area (Å²) in [5.74, 6) is -0.687. The van der Waals surface area contributed by atoms with Crippen LogP contribution in [-0.4, -0.2) is 15.2 Å². The van der Waals surface area contributed by atoms with Crippen LogP contribution in [-0.2, 0) is 6.61 Å². The van der Waals surface area contributed by atoms with E-state index in [0.717, 1.165) is 6.20 Å². The van der Waals surface area contributed by atoms with Crippen LogP contribution >= 0.6 is 0 Å². The van der Waals surface area contributed by atoms with Gasteiger partial charge in [0.25, 0.3) is 6.43 Å². The van der Waals surface area contributed by atoms with Crippen LogP contribution in [0, 0.1) is 0 Å². The molecule has 3 N–H and O–H groups in total. The normalized spacial score (nSPS) is 10.8. The molecule has 72 valence electrons. The maximum atomic E-state index is 12.2. The Labute approximate surface area is 71.5 Å². The van der Waals surface area contributed by atoms with Crippen molar-refractivity contribution in [3.63, 3.8) is 0 Å². The number of halogens is 2. The molecule has 4 nitrogen and oxygen atoms in total. The first kappa shape index (κ1) is 9.66. The molecule has 0 atom stereocenters. The van der Waals surface area contributed by atoms with E-state index >= 15 is 0 Å². The number of pyridine rings is 1. The summed E-state index contributed by atoms with van der Waals surface area (Å²) < 4.78 is 24.3. The van der Waals surface area contributed by atoms with Crippen LogP contribution in [0.25, 0.3) is 0 Å². The summed E-state index contributed by atoms with van der Waals surface area (Å²) in [6, 6.07) is 0. The molecule has 0 saturated carbocycles. The van der Waals surface area contributed by atoms with Crippen molar-refractivity contribution in [2.24, 2.45) is 0 Å². The summed E-state index contributed by atoms with van der Waals surface area (Å²) in [5.41, 5.74) is -2.14. The van der Waals surface area contributed by atoms with Gasteiger partial charge in [-0.3, -0.25) is 4.79 Å². The lowest BCUT2D eigenvalue weighted by Crippen LogP contribution is -2.13. The molecule has 0 radical (unpaired) electrons. The van der Waals surface area contributed by atoms with Gasteiger partial charge >= 0.3 is 0 Å². The van der Waals surface area contributed by atoms with Gasteiger partial charge in [-0.1, -0.05) is 0 Å². The zero-order valence-electron chi connectivity index (χ0n) is 6.42. The van der Waals surface area contributed by atoms with Crippen molar-refractivity contribution in [3.8, 4) is 5.75 Å². The highest BCUT2D eigenvalue weighted by Crippen LogP contribution is 2.19. The number of aromatic nitrogens is 1. The molecule has 1 rings (SSSR count). The minimum atomic E-state index is -2.88. The Morgan fingerprint density at radius 1 is 1.54 bits per heavy atom. The van der Waals surface area contributed by atoms with Gasteiger partial charge in [0, 0.05) is 6.20 Å². The van der Waals surface area contributed by atoms with Crippen molar-refractivity contribution in [2.45, 2.75) is 13.0 Å². The number of aromatic amines is 1. The minimum absolute atomic E-state index is 0.505. The van der Waals surface area contributed by atoms with Crippen LogP contribution in [0.15, 0.2) is 11.0 Å². The molecule has 0 unspecified atom stereocenters. The zero-order chi connectivity index (χ0) is 10.0. The third-order valence-corrected chi connectivity index (χ3v) is 1.57. The number of aromatic hydroxyl groups is 1. The van der Waals surface area contributed by atoms with Crippen molar-refractivity contribution >= 4 is 0 Å². The van der Waals surface area contributed by atoms with E-state index in [2.05, 4.69) is 0 Å². The summed E-state index contributed by atoms with van der Waals surface area (Å²) in [7, 11) is 0.